The van der Waals surface area contributed by atoms with Crippen LogP contribution in [0.3, 0.4) is 0 Å². The van der Waals surface area contributed by atoms with Crippen LogP contribution in [0, 0.1) is 6.92 Å². The zero-order valence-corrected chi connectivity index (χ0v) is 18.7. The molecular weight excluding hydrogens is 420 g/mol. The quantitative estimate of drug-likeness (QED) is 0.469. The van der Waals surface area contributed by atoms with Gasteiger partial charge >= 0.3 is 5.97 Å². The molecule has 0 aliphatic carbocycles. The number of anilines is 1. The molecule has 1 N–H and O–H groups in total. The molecule has 0 saturated carbocycles. The number of sulfonamides is 1. The van der Waals surface area contributed by atoms with Crippen molar-refractivity contribution < 1.29 is 27.5 Å². The van der Waals surface area contributed by atoms with Crippen LogP contribution in [0.4, 0.5) is 5.69 Å². The standard InChI is InChI=1S/C22H26N2O6S/c1-5-29-19-9-7-6-8-17(19)11-13-22(26)30-15-21(25)23-18-12-10-16(2)20(14-18)31(27,28)24(3)4/h6-14H,5,15H2,1-4H3,(H,23,25)/b13-11+. The van der Waals surface area contributed by atoms with E-state index in [9.17, 15) is 18.0 Å². The second kappa shape index (κ2) is 10.7. The van der Waals surface area contributed by atoms with Crippen LogP contribution in [0.2, 0.25) is 0 Å². The first-order chi connectivity index (χ1) is 14.6. The number of ether oxygens (including phenoxy) is 2. The van der Waals surface area contributed by atoms with Crippen molar-refractivity contribution in [2.24, 2.45) is 0 Å². The lowest BCUT2D eigenvalue weighted by atomic mass is 10.2. The SMILES string of the molecule is CCOc1ccccc1/C=C/C(=O)OCC(=O)Nc1ccc(C)c(S(=O)(=O)N(C)C)c1. The molecule has 0 aromatic heterocycles. The Balaban J connectivity index is 1.98. The molecule has 0 fully saturated rings. The summed E-state index contributed by atoms with van der Waals surface area (Å²) in [4.78, 5) is 24.1. The zero-order chi connectivity index (χ0) is 23.0. The van der Waals surface area contributed by atoms with Crippen molar-refractivity contribution in [1.29, 1.82) is 0 Å². The third-order valence-electron chi connectivity index (χ3n) is 4.19. The van der Waals surface area contributed by atoms with Gasteiger partial charge in [0.05, 0.1) is 11.5 Å². The number of amides is 1. The number of hydrogen-bond acceptors (Lipinski definition) is 6. The van der Waals surface area contributed by atoms with Crippen molar-refractivity contribution in [3.8, 4) is 5.75 Å². The Labute approximate surface area is 182 Å². The van der Waals surface area contributed by atoms with Crippen LogP contribution in [0.1, 0.15) is 18.1 Å². The molecule has 0 aliphatic rings. The lowest BCUT2D eigenvalue weighted by Gasteiger charge is -2.15. The summed E-state index contributed by atoms with van der Waals surface area (Å²) in [5, 5.41) is 2.53. The number of rotatable bonds is 9. The number of carbonyl (C=O) groups excluding carboxylic acids is 2. The molecule has 0 unspecified atom stereocenters. The number of aryl methyl sites for hydroxylation is 1. The monoisotopic (exact) mass is 446 g/mol. The first-order valence-corrected chi connectivity index (χ1v) is 11.0. The third kappa shape index (κ3) is 6.66. The molecule has 2 aromatic rings. The molecule has 0 heterocycles. The Morgan fingerprint density at radius 2 is 1.84 bits per heavy atom. The van der Waals surface area contributed by atoms with E-state index in [1.165, 1.54) is 26.2 Å². The minimum atomic E-state index is -3.66. The molecule has 0 spiro atoms. The maximum atomic E-state index is 12.4. The summed E-state index contributed by atoms with van der Waals surface area (Å²) in [6.07, 6.45) is 2.75. The highest BCUT2D eigenvalue weighted by Gasteiger charge is 2.20. The Hall–Kier alpha value is -3.17. The molecule has 0 atom stereocenters. The molecule has 2 rings (SSSR count). The van der Waals surface area contributed by atoms with Crippen LogP contribution in [0.5, 0.6) is 5.75 Å². The van der Waals surface area contributed by atoms with Crippen molar-refractivity contribution in [3.05, 3.63) is 59.7 Å². The number of benzene rings is 2. The van der Waals surface area contributed by atoms with Crippen LogP contribution in [-0.4, -0.2) is 51.9 Å². The molecule has 0 saturated heterocycles. The minimum absolute atomic E-state index is 0.0863. The molecule has 0 aliphatic heterocycles. The van der Waals surface area contributed by atoms with Gasteiger partial charge in [-0.05, 0) is 43.7 Å². The van der Waals surface area contributed by atoms with Crippen molar-refractivity contribution in [1.82, 2.24) is 4.31 Å². The predicted octanol–water partition coefficient (Wildman–Crippen LogP) is 2.84. The van der Waals surface area contributed by atoms with Gasteiger partial charge in [-0.25, -0.2) is 17.5 Å². The number of para-hydroxylation sites is 1. The van der Waals surface area contributed by atoms with Crippen LogP contribution in [-0.2, 0) is 24.3 Å². The lowest BCUT2D eigenvalue weighted by Crippen LogP contribution is -2.24. The summed E-state index contributed by atoms with van der Waals surface area (Å²) < 4.78 is 36.3. The van der Waals surface area contributed by atoms with E-state index in [1.807, 2.05) is 19.1 Å². The van der Waals surface area contributed by atoms with Gasteiger partial charge in [0.2, 0.25) is 10.0 Å². The molecule has 8 nitrogen and oxygen atoms in total. The van der Waals surface area contributed by atoms with E-state index in [0.717, 1.165) is 4.31 Å². The fourth-order valence-electron chi connectivity index (χ4n) is 2.60. The molecule has 166 valence electrons. The largest absolute Gasteiger partial charge is 0.493 e. The van der Waals surface area contributed by atoms with Gasteiger partial charge < -0.3 is 14.8 Å². The molecule has 9 heteroatoms. The van der Waals surface area contributed by atoms with Crippen LogP contribution in [0.25, 0.3) is 6.08 Å². The lowest BCUT2D eigenvalue weighted by molar-refractivity contribution is -0.142. The van der Waals surface area contributed by atoms with E-state index < -0.39 is 28.5 Å². The van der Waals surface area contributed by atoms with Crippen LogP contribution >= 0.6 is 0 Å². The average molecular weight is 447 g/mol. The maximum Gasteiger partial charge on any atom is 0.331 e. The predicted molar refractivity (Wildman–Crippen MR) is 118 cm³/mol. The van der Waals surface area contributed by atoms with E-state index in [1.54, 1.807) is 37.3 Å². The van der Waals surface area contributed by atoms with Gasteiger partial charge in [0.15, 0.2) is 6.61 Å². The summed E-state index contributed by atoms with van der Waals surface area (Å²) in [7, 11) is -0.795. The van der Waals surface area contributed by atoms with Gasteiger partial charge in [-0.15, -0.1) is 0 Å². The number of nitrogens with zero attached hydrogens (tertiary/aromatic N) is 1. The summed E-state index contributed by atoms with van der Waals surface area (Å²) in [5.41, 5.74) is 1.55. The van der Waals surface area contributed by atoms with E-state index in [-0.39, 0.29) is 10.6 Å². The first kappa shape index (κ1) is 24.1. The minimum Gasteiger partial charge on any atom is -0.493 e. The van der Waals surface area contributed by atoms with Crippen molar-refractivity contribution in [2.75, 3.05) is 32.6 Å². The molecule has 31 heavy (non-hydrogen) atoms. The highest BCUT2D eigenvalue weighted by Crippen LogP contribution is 2.22. The highest BCUT2D eigenvalue weighted by molar-refractivity contribution is 7.89. The normalized spacial score (nSPS) is 11.5. The Morgan fingerprint density at radius 3 is 2.52 bits per heavy atom. The van der Waals surface area contributed by atoms with Crippen molar-refractivity contribution in [3.63, 3.8) is 0 Å². The number of esters is 1. The smallest absolute Gasteiger partial charge is 0.331 e. The fraction of sp³-hybridized carbons (Fsp3) is 0.273. The molecular formula is C22H26N2O6S. The van der Waals surface area contributed by atoms with E-state index in [4.69, 9.17) is 9.47 Å². The average Bonchev–Trinajstić information content (AvgIpc) is 2.73. The first-order valence-electron chi connectivity index (χ1n) is 9.55. The van der Waals surface area contributed by atoms with E-state index in [2.05, 4.69) is 5.32 Å². The van der Waals surface area contributed by atoms with Gasteiger partial charge in [-0.2, -0.15) is 0 Å². The molecule has 0 bridgehead atoms. The van der Waals surface area contributed by atoms with Gasteiger partial charge in [-0.3, -0.25) is 4.79 Å². The van der Waals surface area contributed by atoms with Gasteiger partial charge in [0.25, 0.3) is 5.91 Å². The molecule has 2 aromatic carbocycles. The van der Waals surface area contributed by atoms with Crippen LogP contribution < -0.4 is 10.1 Å². The van der Waals surface area contributed by atoms with Crippen LogP contribution in [0.15, 0.2) is 53.4 Å². The van der Waals surface area contributed by atoms with Crippen molar-refractivity contribution in [2.45, 2.75) is 18.7 Å². The van der Waals surface area contributed by atoms with Gasteiger partial charge in [0, 0.05) is 31.4 Å². The zero-order valence-electron chi connectivity index (χ0n) is 17.9. The summed E-state index contributed by atoms with van der Waals surface area (Å²) in [5.74, 6) is -0.649. The Morgan fingerprint density at radius 1 is 1.13 bits per heavy atom. The second-order valence-corrected chi connectivity index (χ2v) is 8.85. The topological polar surface area (TPSA) is 102 Å². The summed E-state index contributed by atoms with van der Waals surface area (Å²) in [6, 6.07) is 11.8. The van der Waals surface area contributed by atoms with E-state index >= 15 is 0 Å². The maximum absolute atomic E-state index is 12.4. The van der Waals surface area contributed by atoms with E-state index in [0.29, 0.717) is 23.5 Å². The second-order valence-electron chi connectivity index (χ2n) is 6.73. The fourth-order valence-corrected chi connectivity index (χ4v) is 3.74. The number of carbonyl (C=O) groups is 2. The van der Waals surface area contributed by atoms with Gasteiger partial charge in [0.1, 0.15) is 5.75 Å². The third-order valence-corrected chi connectivity index (χ3v) is 6.15. The highest BCUT2D eigenvalue weighted by atomic mass is 32.2. The summed E-state index contributed by atoms with van der Waals surface area (Å²) >= 11 is 0. The molecule has 1 amide bonds. The Kier molecular flexibility index (Phi) is 8.35. The number of hydrogen-bond donors (Lipinski definition) is 1. The molecule has 0 radical (unpaired) electrons. The van der Waals surface area contributed by atoms with Gasteiger partial charge in [-0.1, -0.05) is 24.3 Å². The van der Waals surface area contributed by atoms with Crippen molar-refractivity contribution >= 4 is 33.7 Å². The summed E-state index contributed by atoms with van der Waals surface area (Å²) in [6.45, 7) is 3.51. The Bertz CT molecular complexity index is 1080. The number of nitrogens with one attached hydrogen (secondary N) is 1.